The lowest BCUT2D eigenvalue weighted by atomic mass is 10.1. The normalized spacial score (nSPS) is 13.4. The van der Waals surface area contributed by atoms with E-state index in [0.29, 0.717) is 12.8 Å². The van der Waals surface area contributed by atoms with Crippen molar-refractivity contribution in [2.75, 3.05) is 6.61 Å². The fourth-order valence-electron chi connectivity index (χ4n) is 4.48. The van der Waals surface area contributed by atoms with Gasteiger partial charge in [-0.1, -0.05) is 125 Å². The van der Waals surface area contributed by atoms with Crippen molar-refractivity contribution in [3.8, 4) is 0 Å². The minimum atomic E-state index is -2.90. The van der Waals surface area contributed by atoms with Crippen molar-refractivity contribution in [2.24, 2.45) is 0 Å². The number of ether oxygens (including phenoxy) is 2. The van der Waals surface area contributed by atoms with Crippen LogP contribution in [0.4, 0.5) is 0 Å². The van der Waals surface area contributed by atoms with E-state index in [1.165, 1.54) is 0 Å². The van der Waals surface area contributed by atoms with Gasteiger partial charge in [-0.2, -0.15) is 0 Å². The van der Waals surface area contributed by atoms with Gasteiger partial charge in [-0.25, -0.2) is 0 Å². The van der Waals surface area contributed by atoms with Crippen molar-refractivity contribution in [2.45, 2.75) is 154 Å². The fraction of sp³-hybridized carbons (Fsp3) is 0.641. The summed E-state index contributed by atoms with van der Waals surface area (Å²) >= 11 is 0. The smallest absolute Gasteiger partial charge is 0.396 e. The third-order valence-corrected chi connectivity index (χ3v) is 7.18. The summed E-state index contributed by atoms with van der Waals surface area (Å²) in [6.45, 7) is 3.33. The van der Waals surface area contributed by atoms with Gasteiger partial charge in [0.25, 0.3) is 0 Å². The molecule has 1 unspecified atom stereocenters. The van der Waals surface area contributed by atoms with Gasteiger partial charge in [0.2, 0.25) is 0 Å². The lowest BCUT2D eigenvalue weighted by Crippen LogP contribution is -2.51. The molecule has 0 aromatic rings. The van der Waals surface area contributed by atoms with Crippen LogP contribution in [-0.2, 0) is 19.1 Å². The Morgan fingerprint density at radius 1 is 0.543 bits per heavy atom. The van der Waals surface area contributed by atoms with Gasteiger partial charge in [-0.3, -0.25) is 9.59 Å². The van der Waals surface area contributed by atoms with Crippen LogP contribution >= 0.6 is 0 Å². The molecule has 0 aliphatic carbocycles. The average Bonchev–Trinajstić information content (AvgIpc) is 3.04. The third kappa shape index (κ3) is 27.6. The molecule has 0 spiro atoms. The van der Waals surface area contributed by atoms with Gasteiger partial charge in [-0.15, -0.1) is 0 Å². The number of carbonyl (C=O) groups excluding carboxylic acids is 2. The van der Waals surface area contributed by atoms with E-state index in [4.69, 9.17) is 9.47 Å². The number of rotatable bonds is 30. The molecule has 0 rings (SSSR count). The van der Waals surface area contributed by atoms with Crippen LogP contribution in [0.25, 0.3) is 0 Å². The zero-order valence-electron chi connectivity index (χ0n) is 28.8. The standard InChI is InChI=1S/C39H64O7/c1-3-5-7-9-11-13-15-17-19-21-23-25-27-29-31-33-37(42)45-39(44,36(41)35-40)46-38(43)34-32-30-28-26-24-22-20-18-16-14-12-10-8-6-4-2/h5-8,11-14,17-20,36,40-41,44H,3-4,9-10,15-16,21-35H2,1-2H3/b7-5-,8-6-,13-11-,14-12-,19-17-,20-18-. The van der Waals surface area contributed by atoms with Crippen molar-refractivity contribution in [1.29, 1.82) is 0 Å². The molecule has 0 heterocycles. The number of aliphatic hydroxyl groups excluding tert-OH is 2. The summed E-state index contributed by atoms with van der Waals surface area (Å²) in [5.74, 6) is -4.49. The third-order valence-electron chi connectivity index (χ3n) is 7.18. The molecule has 0 fully saturated rings. The van der Waals surface area contributed by atoms with Crippen LogP contribution in [0.5, 0.6) is 0 Å². The molecule has 7 nitrogen and oxygen atoms in total. The average molecular weight is 645 g/mol. The van der Waals surface area contributed by atoms with Crippen LogP contribution in [0.15, 0.2) is 72.9 Å². The molecule has 0 bridgehead atoms. The van der Waals surface area contributed by atoms with E-state index in [-0.39, 0.29) is 12.8 Å². The lowest BCUT2D eigenvalue weighted by molar-refractivity contribution is -0.364. The zero-order valence-corrected chi connectivity index (χ0v) is 28.8. The number of esters is 2. The Labute approximate surface area is 279 Å². The molecule has 0 aliphatic rings. The molecule has 0 saturated heterocycles. The Hall–Kier alpha value is -2.74. The van der Waals surface area contributed by atoms with Gasteiger partial charge in [0.1, 0.15) is 0 Å². The van der Waals surface area contributed by atoms with E-state index in [9.17, 15) is 24.9 Å². The molecule has 0 aromatic heterocycles. The number of hydrogen-bond acceptors (Lipinski definition) is 7. The first kappa shape index (κ1) is 43.3. The predicted molar refractivity (Wildman–Crippen MR) is 189 cm³/mol. The van der Waals surface area contributed by atoms with Crippen LogP contribution in [-0.4, -0.2) is 45.9 Å². The Morgan fingerprint density at radius 3 is 1.24 bits per heavy atom. The summed E-state index contributed by atoms with van der Waals surface area (Å²) in [6, 6.07) is 0. The van der Waals surface area contributed by atoms with E-state index in [1.807, 2.05) is 0 Å². The highest BCUT2D eigenvalue weighted by Gasteiger charge is 2.44. The molecule has 0 aromatic carbocycles. The summed E-state index contributed by atoms with van der Waals surface area (Å²) in [6.07, 6.45) is 41.2. The van der Waals surface area contributed by atoms with Crippen LogP contribution in [0, 0.1) is 0 Å². The Balaban J connectivity index is 4.06. The SMILES string of the molecule is CC/C=C\C/C=C\C/C=C\CCCCCCCC(=O)OC(O)(OC(=O)CCCCCCC/C=C\C/C=C\C/C=C\CC)C(O)CO. The summed E-state index contributed by atoms with van der Waals surface area (Å²) in [5.41, 5.74) is 0. The number of unbranched alkanes of at least 4 members (excludes halogenated alkanes) is 10. The van der Waals surface area contributed by atoms with Crippen LogP contribution in [0.2, 0.25) is 0 Å². The molecule has 3 N–H and O–H groups in total. The first-order valence-corrected chi connectivity index (χ1v) is 17.7. The van der Waals surface area contributed by atoms with Crippen LogP contribution in [0.1, 0.15) is 142 Å². The molecule has 7 heteroatoms. The van der Waals surface area contributed by atoms with Gasteiger partial charge in [0, 0.05) is 12.8 Å². The summed E-state index contributed by atoms with van der Waals surface area (Å²) in [4.78, 5) is 24.6. The van der Waals surface area contributed by atoms with Gasteiger partial charge in [0.05, 0.1) is 6.61 Å². The van der Waals surface area contributed by atoms with Crippen molar-refractivity contribution >= 4 is 11.9 Å². The predicted octanol–water partition coefficient (Wildman–Crippen LogP) is 9.25. The Morgan fingerprint density at radius 2 is 0.870 bits per heavy atom. The molecule has 1 atom stereocenters. The monoisotopic (exact) mass is 644 g/mol. The summed E-state index contributed by atoms with van der Waals surface area (Å²) in [7, 11) is 0. The molecule has 0 amide bonds. The van der Waals surface area contributed by atoms with E-state index in [1.54, 1.807) is 0 Å². The molecular weight excluding hydrogens is 580 g/mol. The summed E-state index contributed by atoms with van der Waals surface area (Å²) < 4.78 is 9.88. The van der Waals surface area contributed by atoms with E-state index in [2.05, 4.69) is 86.8 Å². The highest BCUT2D eigenvalue weighted by atomic mass is 16.8. The maximum Gasteiger partial charge on any atom is 0.403 e. The molecule has 0 saturated carbocycles. The zero-order chi connectivity index (χ0) is 34.0. The second kappa shape index (κ2) is 32.2. The topological polar surface area (TPSA) is 113 Å². The van der Waals surface area contributed by atoms with Gasteiger partial charge >= 0.3 is 17.9 Å². The maximum atomic E-state index is 12.3. The van der Waals surface area contributed by atoms with Gasteiger partial charge in [0.15, 0.2) is 6.10 Å². The fourth-order valence-corrected chi connectivity index (χ4v) is 4.48. The maximum absolute atomic E-state index is 12.3. The lowest BCUT2D eigenvalue weighted by Gasteiger charge is -2.30. The minimum absolute atomic E-state index is 0.0141. The molecule has 0 aliphatic heterocycles. The number of hydrogen-bond donors (Lipinski definition) is 3. The highest BCUT2D eigenvalue weighted by Crippen LogP contribution is 2.20. The molecule has 262 valence electrons. The van der Waals surface area contributed by atoms with Crippen molar-refractivity contribution in [3.63, 3.8) is 0 Å². The van der Waals surface area contributed by atoms with Crippen molar-refractivity contribution in [1.82, 2.24) is 0 Å². The van der Waals surface area contributed by atoms with Crippen molar-refractivity contribution in [3.05, 3.63) is 72.9 Å². The Bertz CT molecular complexity index is 847. The van der Waals surface area contributed by atoms with Gasteiger partial charge in [-0.05, 0) is 77.0 Å². The molecule has 46 heavy (non-hydrogen) atoms. The summed E-state index contributed by atoms with van der Waals surface area (Å²) in [5, 5.41) is 29.9. The number of aliphatic hydroxyl groups is 3. The van der Waals surface area contributed by atoms with Crippen LogP contribution < -0.4 is 0 Å². The van der Waals surface area contributed by atoms with E-state index >= 15 is 0 Å². The minimum Gasteiger partial charge on any atom is -0.396 e. The Kier molecular flexibility index (Phi) is 30.3. The van der Waals surface area contributed by atoms with Crippen LogP contribution in [0.3, 0.4) is 0 Å². The van der Waals surface area contributed by atoms with E-state index in [0.717, 1.165) is 103 Å². The molecule has 0 radical (unpaired) electrons. The van der Waals surface area contributed by atoms with E-state index < -0.39 is 30.6 Å². The van der Waals surface area contributed by atoms with Gasteiger partial charge < -0.3 is 24.8 Å². The second-order valence-corrected chi connectivity index (χ2v) is 11.5. The largest absolute Gasteiger partial charge is 0.403 e. The second-order valence-electron chi connectivity index (χ2n) is 11.5. The number of allylic oxidation sites excluding steroid dienone is 12. The van der Waals surface area contributed by atoms with Crippen molar-refractivity contribution < 1.29 is 34.4 Å². The molecular formula is C39H64O7. The number of carbonyl (C=O) groups is 2. The first-order chi connectivity index (χ1) is 22.4. The quantitative estimate of drug-likeness (QED) is 0.0309. The first-order valence-electron chi connectivity index (χ1n) is 17.7. The highest BCUT2D eigenvalue weighted by molar-refractivity contribution is 5.71.